The molecule has 228 valence electrons. The Balaban J connectivity index is 1.19. The van der Waals surface area contributed by atoms with E-state index >= 15 is 0 Å². The third-order valence-corrected chi connectivity index (χ3v) is 10.8. The Morgan fingerprint density at radius 1 is 0.388 bits per heavy atom. The zero-order valence-corrected chi connectivity index (χ0v) is 26.6. The van der Waals surface area contributed by atoms with E-state index in [4.69, 9.17) is 4.42 Å². The zero-order valence-electron chi connectivity index (χ0n) is 26.6. The van der Waals surface area contributed by atoms with Gasteiger partial charge >= 0.3 is 0 Å². The topological polar surface area (TPSA) is 16.4 Å². The Morgan fingerprint density at radius 3 is 1.69 bits per heavy atom. The summed E-state index contributed by atoms with van der Waals surface area (Å²) in [5, 5.41) is 4.67. The lowest BCUT2D eigenvalue weighted by Crippen LogP contribution is -2.26. The van der Waals surface area contributed by atoms with Crippen LogP contribution in [0.3, 0.4) is 0 Å². The second kappa shape index (κ2) is 9.82. The minimum absolute atomic E-state index is 0.401. The highest BCUT2D eigenvalue weighted by molar-refractivity contribution is 6.11. The van der Waals surface area contributed by atoms with E-state index in [0.717, 1.165) is 39.0 Å². The Morgan fingerprint density at radius 2 is 0.959 bits per heavy atom. The lowest BCUT2D eigenvalue weighted by Gasteiger charge is -2.31. The van der Waals surface area contributed by atoms with E-state index < -0.39 is 5.41 Å². The molecule has 8 aromatic carbocycles. The maximum absolute atomic E-state index is 6.60. The molecule has 0 radical (unpaired) electrons. The van der Waals surface area contributed by atoms with Crippen LogP contribution in [0.15, 0.2) is 180 Å². The molecule has 2 nitrogen and oxygen atoms in total. The molecular formula is C47H29NO. The molecule has 1 aromatic heterocycles. The predicted molar refractivity (Wildman–Crippen MR) is 202 cm³/mol. The van der Waals surface area contributed by atoms with Gasteiger partial charge in [0.15, 0.2) is 0 Å². The van der Waals surface area contributed by atoms with Crippen LogP contribution in [0.25, 0.3) is 55.0 Å². The van der Waals surface area contributed by atoms with Crippen LogP contribution in [-0.4, -0.2) is 0 Å². The molecule has 49 heavy (non-hydrogen) atoms. The summed E-state index contributed by atoms with van der Waals surface area (Å²) >= 11 is 0. The monoisotopic (exact) mass is 623 g/mol. The number of nitrogens with zero attached hydrogens (tertiary/aromatic N) is 1. The average Bonchev–Trinajstić information content (AvgIpc) is 3.78. The van der Waals surface area contributed by atoms with Crippen LogP contribution in [0.1, 0.15) is 22.3 Å². The summed E-state index contributed by atoms with van der Waals surface area (Å²) in [5.41, 5.74) is 15.2. The van der Waals surface area contributed by atoms with Gasteiger partial charge in [-0.15, -0.1) is 0 Å². The predicted octanol–water partition coefficient (Wildman–Crippen LogP) is 12.6. The molecule has 2 aliphatic rings. The number of para-hydroxylation sites is 1. The number of hydrogen-bond donors (Lipinski definition) is 0. The standard InChI is InChI=1S/C47H29NO/c1-2-15-32(16-3-1)48(33-25-26-36-38-27-30-13-4-5-14-31(30)28-44(38)49-45(36)29-33)43-24-12-23-42-46(43)37-19-8-11-22-41(37)47(42)39-20-9-6-17-34(39)35-18-7-10-21-40(35)47/h1-29H. The smallest absolute Gasteiger partial charge is 0.137 e. The normalized spacial score (nSPS) is 13.5. The summed E-state index contributed by atoms with van der Waals surface area (Å²) in [5.74, 6) is 0. The van der Waals surface area contributed by atoms with Crippen LogP contribution >= 0.6 is 0 Å². The van der Waals surface area contributed by atoms with Gasteiger partial charge in [-0.3, -0.25) is 0 Å². The van der Waals surface area contributed by atoms with Crippen molar-refractivity contribution in [1.82, 2.24) is 0 Å². The first kappa shape index (κ1) is 26.7. The van der Waals surface area contributed by atoms with E-state index in [9.17, 15) is 0 Å². The van der Waals surface area contributed by atoms with E-state index in [1.54, 1.807) is 0 Å². The molecule has 1 spiro atoms. The second-order valence-electron chi connectivity index (χ2n) is 13.2. The molecular weight excluding hydrogens is 595 g/mol. The maximum atomic E-state index is 6.60. The number of furan rings is 1. The van der Waals surface area contributed by atoms with Gasteiger partial charge in [0.25, 0.3) is 0 Å². The van der Waals surface area contributed by atoms with Crippen LogP contribution < -0.4 is 4.90 Å². The first-order chi connectivity index (χ1) is 24.3. The molecule has 11 rings (SSSR count). The van der Waals surface area contributed by atoms with Crippen molar-refractivity contribution < 1.29 is 4.42 Å². The third-order valence-electron chi connectivity index (χ3n) is 10.8. The average molecular weight is 624 g/mol. The number of anilines is 3. The Hall–Kier alpha value is -6.38. The highest BCUT2D eigenvalue weighted by atomic mass is 16.3. The van der Waals surface area contributed by atoms with Crippen molar-refractivity contribution in [2.45, 2.75) is 5.41 Å². The highest BCUT2D eigenvalue weighted by Gasteiger charge is 2.52. The molecule has 0 saturated heterocycles. The molecule has 0 unspecified atom stereocenters. The van der Waals surface area contributed by atoms with Crippen molar-refractivity contribution in [3.05, 3.63) is 198 Å². The number of fused-ring (bicyclic) bond motifs is 14. The fourth-order valence-electron chi connectivity index (χ4n) is 8.90. The summed E-state index contributed by atoms with van der Waals surface area (Å²) in [6, 6.07) is 64.2. The van der Waals surface area contributed by atoms with Crippen molar-refractivity contribution >= 4 is 49.8 Å². The van der Waals surface area contributed by atoms with Crippen LogP contribution in [0, 0.1) is 0 Å². The van der Waals surface area contributed by atoms with E-state index in [-0.39, 0.29) is 0 Å². The van der Waals surface area contributed by atoms with Gasteiger partial charge in [0, 0.05) is 33.8 Å². The molecule has 0 fully saturated rings. The molecule has 0 atom stereocenters. The second-order valence-corrected chi connectivity index (χ2v) is 13.2. The molecule has 0 saturated carbocycles. The van der Waals surface area contributed by atoms with Crippen molar-refractivity contribution in [3.8, 4) is 22.3 Å². The molecule has 0 amide bonds. The zero-order chi connectivity index (χ0) is 32.1. The van der Waals surface area contributed by atoms with Gasteiger partial charge in [0.1, 0.15) is 11.2 Å². The number of rotatable bonds is 3. The number of hydrogen-bond acceptors (Lipinski definition) is 2. The van der Waals surface area contributed by atoms with Gasteiger partial charge in [-0.1, -0.05) is 127 Å². The Labute approximate surface area is 284 Å². The van der Waals surface area contributed by atoms with Gasteiger partial charge in [0.2, 0.25) is 0 Å². The van der Waals surface area contributed by atoms with E-state index in [2.05, 4.69) is 181 Å². The summed E-state index contributed by atoms with van der Waals surface area (Å²) < 4.78 is 6.60. The molecule has 0 bridgehead atoms. The van der Waals surface area contributed by atoms with E-state index in [0.29, 0.717) is 0 Å². The molecule has 2 heteroatoms. The fraction of sp³-hybridized carbons (Fsp3) is 0.0213. The minimum atomic E-state index is -0.401. The molecule has 9 aromatic rings. The van der Waals surface area contributed by atoms with Crippen molar-refractivity contribution in [2.75, 3.05) is 4.90 Å². The summed E-state index contributed by atoms with van der Waals surface area (Å²) in [6.45, 7) is 0. The Bertz CT molecular complexity index is 2740. The SMILES string of the molecule is c1ccc(N(c2ccc3c(c2)oc2cc4ccccc4cc23)c2cccc3c2-c2ccccc2C32c3ccccc3-c3ccccc32)cc1. The van der Waals surface area contributed by atoms with Crippen molar-refractivity contribution in [3.63, 3.8) is 0 Å². The Kier molecular flexibility index (Phi) is 5.34. The van der Waals surface area contributed by atoms with Gasteiger partial charge in [-0.25, -0.2) is 0 Å². The van der Waals surface area contributed by atoms with Crippen molar-refractivity contribution in [2.24, 2.45) is 0 Å². The lowest BCUT2D eigenvalue weighted by molar-refractivity contribution is 0.669. The molecule has 0 aliphatic heterocycles. The van der Waals surface area contributed by atoms with Crippen LogP contribution in [0.4, 0.5) is 17.1 Å². The molecule has 2 aliphatic carbocycles. The summed E-state index contributed by atoms with van der Waals surface area (Å²) in [6.07, 6.45) is 0. The summed E-state index contributed by atoms with van der Waals surface area (Å²) in [7, 11) is 0. The largest absolute Gasteiger partial charge is 0.456 e. The van der Waals surface area contributed by atoms with Crippen LogP contribution in [0.2, 0.25) is 0 Å². The maximum Gasteiger partial charge on any atom is 0.137 e. The quantitative estimate of drug-likeness (QED) is 0.195. The van der Waals surface area contributed by atoms with Gasteiger partial charge in [-0.05, 0) is 92.2 Å². The van der Waals surface area contributed by atoms with Crippen molar-refractivity contribution in [1.29, 1.82) is 0 Å². The first-order valence-corrected chi connectivity index (χ1v) is 16.9. The first-order valence-electron chi connectivity index (χ1n) is 16.9. The van der Waals surface area contributed by atoms with E-state index in [1.807, 2.05) is 0 Å². The van der Waals surface area contributed by atoms with E-state index in [1.165, 1.54) is 55.3 Å². The van der Waals surface area contributed by atoms with Crippen LogP contribution in [0.5, 0.6) is 0 Å². The van der Waals surface area contributed by atoms with Gasteiger partial charge in [0.05, 0.1) is 11.1 Å². The number of benzene rings is 8. The lowest BCUT2D eigenvalue weighted by atomic mass is 9.70. The fourth-order valence-corrected chi connectivity index (χ4v) is 8.90. The molecule has 1 heterocycles. The van der Waals surface area contributed by atoms with Crippen LogP contribution in [-0.2, 0) is 5.41 Å². The highest BCUT2D eigenvalue weighted by Crippen LogP contribution is 2.64. The molecule has 0 N–H and O–H groups in total. The minimum Gasteiger partial charge on any atom is -0.456 e. The third kappa shape index (κ3) is 3.50. The van der Waals surface area contributed by atoms with Gasteiger partial charge < -0.3 is 9.32 Å². The summed E-state index contributed by atoms with van der Waals surface area (Å²) in [4.78, 5) is 2.41. The van der Waals surface area contributed by atoms with Gasteiger partial charge in [-0.2, -0.15) is 0 Å².